The number of esters is 1. The minimum atomic E-state index is -0.641. The van der Waals surface area contributed by atoms with E-state index in [-0.39, 0.29) is 36.5 Å². The van der Waals surface area contributed by atoms with Crippen molar-refractivity contribution in [3.05, 3.63) is 71.9 Å². The van der Waals surface area contributed by atoms with E-state index in [4.69, 9.17) is 4.74 Å². The second kappa shape index (κ2) is 10.8. The molecule has 8 heteroatoms. The fraction of sp³-hybridized carbons (Fsp3) is 0.452. The Morgan fingerprint density at radius 2 is 1.82 bits per heavy atom. The van der Waals surface area contributed by atoms with Gasteiger partial charge in [-0.15, -0.1) is 0 Å². The minimum absolute atomic E-state index is 0.177. The normalized spacial score (nSPS) is 22.6. The summed E-state index contributed by atoms with van der Waals surface area (Å²) in [6, 6.07) is 16.1. The fourth-order valence-corrected chi connectivity index (χ4v) is 5.96. The zero-order valence-electron chi connectivity index (χ0n) is 23.1. The van der Waals surface area contributed by atoms with Gasteiger partial charge < -0.3 is 14.6 Å². The van der Waals surface area contributed by atoms with E-state index in [1.807, 2.05) is 93.4 Å². The summed E-state index contributed by atoms with van der Waals surface area (Å²) in [6.45, 7) is 8.32. The van der Waals surface area contributed by atoms with Crippen LogP contribution in [0.25, 0.3) is 10.9 Å². The molecule has 8 nitrogen and oxygen atoms in total. The molecule has 0 radical (unpaired) electrons. The van der Waals surface area contributed by atoms with E-state index >= 15 is 0 Å². The van der Waals surface area contributed by atoms with Crippen molar-refractivity contribution in [3.8, 4) is 0 Å². The van der Waals surface area contributed by atoms with Crippen LogP contribution in [0, 0.1) is 5.92 Å². The largest absolute Gasteiger partial charge is 0.459 e. The van der Waals surface area contributed by atoms with Crippen molar-refractivity contribution in [1.82, 2.24) is 20.1 Å². The maximum absolute atomic E-state index is 13.6. The van der Waals surface area contributed by atoms with Crippen LogP contribution in [0.5, 0.6) is 0 Å². The lowest BCUT2D eigenvalue weighted by atomic mass is 9.83. The number of hydrogen-bond acceptors (Lipinski definition) is 5. The molecule has 2 aliphatic heterocycles. The number of aromatic nitrogens is 1. The minimum Gasteiger partial charge on any atom is -0.459 e. The number of benzene rings is 2. The molecule has 2 aliphatic rings. The Balaban J connectivity index is 1.39. The highest BCUT2D eigenvalue weighted by Crippen LogP contribution is 2.32. The first-order valence-electron chi connectivity index (χ1n) is 13.8. The molecule has 4 atom stereocenters. The Kier molecular flexibility index (Phi) is 7.49. The van der Waals surface area contributed by atoms with Gasteiger partial charge in [0.05, 0.1) is 18.5 Å². The number of nitrogens with zero attached hydrogens (tertiary/aromatic N) is 2. The number of carbonyl (C=O) groups is 3. The summed E-state index contributed by atoms with van der Waals surface area (Å²) in [6.07, 6.45) is 3.92. The first-order chi connectivity index (χ1) is 18.6. The number of aromatic amines is 1. The number of para-hydroxylation sites is 1. The first-order valence-corrected chi connectivity index (χ1v) is 13.8. The average Bonchev–Trinajstić information content (AvgIpc) is 3.32. The molecule has 3 amide bonds. The van der Waals surface area contributed by atoms with Gasteiger partial charge in [-0.1, -0.05) is 55.5 Å². The third kappa shape index (κ3) is 5.71. The lowest BCUT2D eigenvalue weighted by Gasteiger charge is -2.50. The topological polar surface area (TPSA) is 94.7 Å². The molecule has 2 saturated heterocycles. The van der Waals surface area contributed by atoms with E-state index in [1.165, 1.54) is 4.90 Å². The van der Waals surface area contributed by atoms with E-state index in [1.54, 1.807) is 0 Å². The zero-order valence-corrected chi connectivity index (χ0v) is 23.1. The van der Waals surface area contributed by atoms with E-state index in [2.05, 4.69) is 10.3 Å². The smallest absolute Gasteiger partial charge is 0.327 e. The highest BCUT2D eigenvalue weighted by Gasteiger charge is 2.49. The average molecular weight is 531 g/mol. The van der Waals surface area contributed by atoms with Gasteiger partial charge in [-0.3, -0.25) is 19.8 Å². The standard InChI is InChI=1S/C31H38N4O4/c1-20-27-25(15-10-16-34(27)30(38)35(28(20)36)19-21-11-6-5-7-12-21)33-26(29(37)39-31(2,3)4)17-22-18-32-24-14-9-8-13-23(22)24/h5-9,11-14,18,20,25-27,32-33H,10,15-17,19H2,1-4H3/t20-,25-,26+,27?/m1/s1. The highest BCUT2D eigenvalue weighted by molar-refractivity contribution is 5.98. The van der Waals surface area contributed by atoms with Crippen LogP contribution >= 0.6 is 0 Å². The number of carbonyl (C=O) groups excluding carboxylic acids is 3. The van der Waals surface area contributed by atoms with Crippen LogP contribution in [0.1, 0.15) is 51.7 Å². The van der Waals surface area contributed by atoms with Gasteiger partial charge in [0, 0.05) is 36.1 Å². The van der Waals surface area contributed by atoms with Crippen molar-refractivity contribution in [2.24, 2.45) is 5.92 Å². The highest BCUT2D eigenvalue weighted by atomic mass is 16.6. The second-order valence-corrected chi connectivity index (χ2v) is 11.7. The fourth-order valence-electron chi connectivity index (χ4n) is 5.96. The molecule has 2 N–H and O–H groups in total. The van der Waals surface area contributed by atoms with Crippen LogP contribution in [0.3, 0.4) is 0 Å². The summed E-state index contributed by atoms with van der Waals surface area (Å²) in [7, 11) is 0. The molecular weight excluding hydrogens is 492 g/mol. The van der Waals surface area contributed by atoms with Gasteiger partial charge in [-0.25, -0.2) is 4.79 Å². The number of nitrogens with one attached hydrogen (secondary N) is 2. The lowest BCUT2D eigenvalue weighted by molar-refractivity contribution is -0.158. The summed E-state index contributed by atoms with van der Waals surface area (Å²) >= 11 is 0. The van der Waals surface area contributed by atoms with E-state index in [0.717, 1.165) is 34.9 Å². The number of piperidine rings is 1. The predicted octanol–water partition coefficient (Wildman–Crippen LogP) is 4.64. The third-order valence-corrected chi connectivity index (χ3v) is 7.72. The molecule has 0 spiro atoms. The maximum Gasteiger partial charge on any atom is 0.327 e. The molecule has 1 unspecified atom stereocenters. The number of rotatable bonds is 7. The molecule has 0 saturated carbocycles. The summed E-state index contributed by atoms with van der Waals surface area (Å²) in [5.74, 6) is -0.919. The molecule has 5 rings (SSSR count). The molecule has 1 aromatic heterocycles. The molecule has 206 valence electrons. The number of H-pyrrole nitrogens is 1. The van der Waals surface area contributed by atoms with Crippen LogP contribution in [0.15, 0.2) is 60.8 Å². The molecule has 0 bridgehead atoms. The second-order valence-electron chi connectivity index (χ2n) is 11.7. The summed E-state index contributed by atoms with van der Waals surface area (Å²) in [5.41, 5.74) is 2.30. The molecule has 2 aromatic carbocycles. The Morgan fingerprint density at radius 3 is 2.56 bits per heavy atom. The van der Waals surface area contributed by atoms with Gasteiger partial charge in [0.15, 0.2) is 0 Å². The van der Waals surface area contributed by atoms with Crippen molar-refractivity contribution in [1.29, 1.82) is 0 Å². The van der Waals surface area contributed by atoms with Gasteiger partial charge >= 0.3 is 12.0 Å². The summed E-state index contributed by atoms with van der Waals surface area (Å²) < 4.78 is 5.82. The first kappa shape index (κ1) is 26.9. The zero-order chi connectivity index (χ0) is 27.7. The number of urea groups is 1. The molecule has 3 aromatic rings. The quantitative estimate of drug-likeness (QED) is 0.434. The van der Waals surface area contributed by atoms with Gasteiger partial charge in [0.1, 0.15) is 11.6 Å². The number of hydrogen-bond donors (Lipinski definition) is 2. The summed E-state index contributed by atoms with van der Waals surface area (Å²) in [4.78, 5) is 47.0. The van der Waals surface area contributed by atoms with Crippen LogP contribution in [-0.2, 0) is 27.3 Å². The molecular formula is C31H38N4O4. The number of amides is 3. The van der Waals surface area contributed by atoms with Gasteiger partial charge in [-0.2, -0.15) is 0 Å². The van der Waals surface area contributed by atoms with Crippen molar-refractivity contribution in [2.75, 3.05) is 6.54 Å². The molecule has 0 aliphatic carbocycles. The van der Waals surface area contributed by atoms with Crippen molar-refractivity contribution in [2.45, 2.75) is 77.2 Å². The van der Waals surface area contributed by atoms with Crippen molar-refractivity contribution >= 4 is 28.8 Å². The van der Waals surface area contributed by atoms with E-state index in [9.17, 15) is 14.4 Å². The Bertz CT molecular complexity index is 1350. The van der Waals surface area contributed by atoms with Gasteiger partial charge in [0.2, 0.25) is 5.91 Å². The van der Waals surface area contributed by atoms with Crippen LogP contribution < -0.4 is 5.32 Å². The lowest BCUT2D eigenvalue weighted by Crippen LogP contribution is -2.69. The van der Waals surface area contributed by atoms with Crippen molar-refractivity contribution < 1.29 is 19.1 Å². The SMILES string of the molecule is C[C@H]1C(=O)N(Cc2ccccc2)C(=O)N2CCC[C@@H](N[C@@H](Cc3c[nH]c4ccccc34)C(=O)OC(C)(C)C)C12. The van der Waals surface area contributed by atoms with Gasteiger partial charge in [-0.05, 0) is 50.8 Å². The van der Waals surface area contributed by atoms with E-state index in [0.29, 0.717) is 13.0 Å². The van der Waals surface area contributed by atoms with Crippen LogP contribution in [0.4, 0.5) is 4.79 Å². The molecule has 3 heterocycles. The third-order valence-electron chi connectivity index (χ3n) is 7.72. The molecule has 39 heavy (non-hydrogen) atoms. The number of ether oxygens (including phenoxy) is 1. The van der Waals surface area contributed by atoms with Crippen LogP contribution in [-0.4, -0.2) is 63.0 Å². The molecule has 2 fully saturated rings. The van der Waals surface area contributed by atoms with Crippen LogP contribution in [0.2, 0.25) is 0 Å². The Morgan fingerprint density at radius 1 is 1.10 bits per heavy atom. The number of fused-ring (bicyclic) bond motifs is 2. The van der Waals surface area contributed by atoms with Crippen molar-refractivity contribution in [3.63, 3.8) is 0 Å². The maximum atomic E-state index is 13.6. The van der Waals surface area contributed by atoms with E-state index < -0.39 is 17.6 Å². The Hall–Kier alpha value is -3.65. The monoisotopic (exact) mass is 530 g/mol. The summed E-state index contributed by atoms with van der Waals surface area (Å²) in [5, 5.41) is 4.62. The Labute approximate surface area is 229 Å². The number of imide groups is 1. The van der Waals surface area contributed by atoms with Gasteiger partial charge in [0.25, 0.3) is 0 Å². The predicted molar refractivity (Wildman–Crippen MR) is 150 cm³/mol.